The number of hydrogen-bond donors (Lipinski definition) is 3. The quantitative estimate of drug-likeness (QED) is 0.780. The number of fused-ring (bicyclic) bond motifs is 2. The summed E-state index contributed by atoms with van der Waals surface area (Å²) < 4.78 is 0. The Morgan fingerprint density at radius 1 is 1.30 bits per heavy atom. The van der Waals surface area contributed by atoms with Crippen molar-refractivity contribution in [1.29, 1.82) is 0 Å². The molecule has 4 nitrogen and oxygen atoms in total. The number of carbonyl (C=O) groups is 1. The van der Waals surface area contributed by atoms with Gasteiger partial charge in [0.15, 0.2) is 0 Å². The van der Waals surface area contributed by atoms with E-state index in [1.807, 2.05) is 0 Å². The van der Waals surface area contributed by atoms with Crippen LogP contribution < -0.4 is 11.1 Å². The SMILES string of the molecule is N[C@@H](Cc1ccc(O)cc1)C(=O)NC1CC2CCC1C2. The summed E-state index contributed by atoms with van der Waals surface area (Å²) in [5.41, 5.74) is 6.96. The van der Waals surface area contributed by atoms with Crippen molar-refractivity contribution >= 4 is 5.91 Å². The Hall–Kier alpha value is -1.55. The van der Waals surface area contributed by atoms with Crippen LogP contribution in [0.4, 0.5) is 0 Å². The van der Waals surface area contributed by atoms with Crippen molar-refractivity contribution in [2.75, 3.05) is 0 Å². The molecule has 0 saturated heterocycles. The zero-order valence-corrected chi connectivity index (χ0v) is 11.6. The predicted molar refractivity (Wildman–Crippen MR) is 77.2 cm³/mol. The molecule has 2 bridgehead atoms. The van der Waals surface area contributed by atoms with Crippen molar-refractivity contribution in [1.82, 2.24) is 5.32 Å². The molecule has 108 valence electrons. The van der Waals surface area contributed by atoms with Gasteiger partial charge in [-0.05, 0) is 55.2 Å². The van der Waals surface area contributed by atoms with Crippen LogP contribution in [-0.2, 0) is 11.2 Å². The number of amides is 1. The van der Waals surface area contributed by atoms with Crippen molar-refractivity contribution < 1.29 is 9.90 Å². The monoisotopic (exact) mass is 274 g/mol. The number of hydrogen-bond acceptors (Lipinski definition) is 3. The minimum atomic E-state index is -0.515. The number of nitrogens with one attached hydrogen (secondary N) is 1. The largest absolute Gasteiger partial charge is 0.508 e. The average molecular weight is 274 g/mol. The summed E-state index contributed by atoms with van der Waals surface area (Å²) in [6.07, 6.45) is 5.49. The van der Waals surface area contributed by atoms with Gasteiger partial charge < -0.3 is 16.2 Å². The summed E-state index contributed by atoms with van der Waals surface area (Å²) in [4.78, 5) is 12.2. The van der Waals surface area contributed by atoms with Crippen LogP contribution in [0.25, 0.3) is 0 Å². The lowest BCUT2D eigenvalue weighted by atomic mass is 9.95. The molecule has 4 atom stereocenters. The molecule has 0 spiro atoms. The number of phenolic OH excluding ortho intramolecular Hbond substituents is 1. The van der Waals surface area contributed by atoms with Gasteiger partial charge in [0.1, 0.15) is 5.75 Å². The van der Waals surface area contributed by atoms with E-state index in [1.165, 1.54) is 19.3 Å². The fourth-order valence-corrected chi connectivity index (χ4v) is 3.69. The third-order valence-corrected chi connectivity index (χ3v) is 4.79. The molecule has 4 heteroatoms. The second-order valence-electron chi connectivity index (χ2n) is 6.27. The molecule has 1 aromatic carbocycles. The summed E-state index contributed by atoms with van der Waals surface area (Å²) in [5, 5.41) is 12.4. The number of carbonyl (C=O) groups excluding carboxylic acids is 1. The van der Waals surface area contributed by atoms with Gasteiger partial charge in [0, 0.05) is 6.04 Å². The van der Waals surface area contributed by atoms with E-state index in [-0.39, 0.29) is 11.7 Å². The smallest absolute Gasteiger partial charge is 0.237 e. The van der Waals surface area contributed by atoms with Gasteiger partial charge in [0.05, 0.1) is 6.04 Å². The van der Waals surface area contributed by atoms with Crippen LogP contribution in [0.2, 0.25) is 0 Å². The zero-order chi connectivity index (χ0) is 14.1. The van der Waals surface area contributed by atoms with E-state index in [1.54, 1.807) is 24.3 Å². The molecule has 0 heterocycles. The Kier molecular flexibility index (Phi) is 3.66. The lowest BCUT2D eigenvalue weighted by Gasteiger charge is -2.24. The molecule has 2 fully saturated rings. The molecule has 0 radical (unpaired) electrons. The number of phenols is 1. The van der Waals surface area contributed by atoms with Gasteiger partial charge in [-0.3, -0.25) is 4.79 Å². The Morgan fingerprint density at radius 2 is 2.05 bits per heavy atom. The first-order chi connectivity index (χ1) is 9.61. The molecule has 3 unspecified atom stereocenters. The van der Waals surface area contributed by atoms with Crippen LogP contribution in [0.15, 0.2) is 24.3 Å². The fourth-order valence-electron chi connectivity index (χ4n) is 3.69. The van der Waals surface area contributed by atoms with E-state index in [0.717, 1.165) is 17.9 Å². The molecule has 3 rings (SSSR count). The van der Waals surface area contributed by atoms with Crippen LogP contribution in [-0.4, -0.2) is 23.1 Å². The van der Waals surface area contributed by atoms with Crippen LogP contribution in [0, 0.1) is 11.8 Å². The van der Waals surface area contributed by atoms with Gasteiger partial charge in [-0.2, -0.15) is 0 Å². The van der Waals surface area contributed by atoms with Gasteiger partial charge in [0.2, 0.25) is 5.91 Å². The van der Waals surface area contributed by atoms with Crippen molar-refractivity contribution in [3.8, 4) is 5.75 Å². The summed E-state index contributed by atoms with van der Waals surface area (Å²) >= 11 is 0. The Balaban J connectivity index is 1.53. The van der Waals surface area contributed by atoms with Gasteiger partial charge in [-0.15, -0.1) is 0 Å². The van der Waals surface area contributed by atoms with Crippen molar-refractivity contribution in [3.63, 3.8) is 0 Å². The first-order valence-corrected chi connectivity index (χ1v) is 7.45. The minimum Gasteiger partial charge on any atom is -0.508 e. The maximum atomic E-state index is 12.2. The highest BCUT2D eigenvalue weighted by Gasteiger charge is 2.40. The lowest BCUT2D eigenvalue weighted by molar-refractivity contribution is -0.123. The van der Waals surface area contributed by atoms with Gasteiger partial charge >= 0.3 is 0 Å². The van der Waals surface area contributed by atoms with Crippen molar-refractivity contribution in [2.45, 2.75) is 44.2 Å². The third-order valence-electron chi connectivity index (χ3n) is 4.79. The topological polar surface area (TPSA) is 75.3 Å². The van der Waals surface area contributed by atoms with Crippen LogP contribution in [0.5, 0.6) is 5.75 Å². The summed E-state index contributed by atoms with van der Waals surface area (Å²) in [6.45, 7) is 0. The molecular weight excluding hydrogens is 252 g/mol. The van der Waals surface area contributed by atoms with E-state index < -0.39 is 6.04 Å². The molecule has 2 saturated carbocycles. The van der Waals surface area contributed by atoms with Crippen LogP contribution in [0.1, 0.15) is 31.2 Å². The predicted octanol–water partition coefficient (Wildman–Crippen LogP) is 1.57. The minimum absolute atomic E-state index is 0.0457. The summed E-state index contributed by atoms with van der Waals surface area (Å²) in [5.74, 6) is 1.67. The maximum Gasteiger partial charge on any atom is 0.237 e. The Labute approximate surface area is 119 Å². The first kappa shape index (κ1) is 13.4. The average Bonchev–Trinajstić information content (AvgIpc) is 3.03. The first-order valence-electron chi connectivity index (χ1n) is 7.45. The highest BCUT2D eigenvalue weighted by Crippen LogP contribution is 2.44. The van der Waals surface area contributed by atoms with E-state index in [0.29, 0.717) is 18.4 Å². The molecule has 2 aliphatic carbocycles. The van der Waals surface area contributed by atoms with E-state index in [2.05, 4.69) is 5.32 Å². The molecular formula is C16H22N2O2. The molecule has 1 aromatic rings. The molecule has 2 aliphatic rings. The van der Waals surface area contributed by atoms with Gasteiger partial charge in [-0.25, -0.2) is 0 Å². The highest BCUT2D eigenvalue weighted by molar-refractivity contribution is 5.82. The lowest BCUT2D eigenvalue weighted by Crippen LogP contribution is -2.48. The van der Waals surface area contributed by atoms with Crippen molar-refractivity contribution in [2.24, 2.45) is 17.6 Å². The molecule has 4 N–H and O–H groups in total. The standard InChI is InChI=1S/C16H22N2O2/c17-14(8-10-2-5-13(19)6-3-10)16(20)18-15-9-11-1-4-12(15)7-11/h2-3,5-6,11-12,14-15,19H,1,4,7-9,17H2,(H,18,20)/t11?,12?,14-,15?/m0/s1. The fraction of sp³-hybridized carbons (Fsp3) is 0.562. The Morgan fingerprint density at radius 3 is 2.65 bits per heavy atom. The highest BCUT2D eigenvalue weighted by atomic mass is 16.3. The van der Waals surface area contributed by atoms with Gasteiger partial charge in [-0.1, -0.05) is 18.6 Å². The van der Waals surface area contributed by atoms with Gasteiger partial charge in [0.25, 0.3) is 0 Å². The zero-order valence-electron chi connectivity index (χ0n) is 11.6. The number of benzene rings is 1. The normalized spacial score (nSPS) is 29.4. The van der Waals surface area contributed by atoms with Crippen LogP contribution in [0.3, 0.4) is 0 Å². The molecule has 20 heavy (non-hydrogen) atoms. The summed E-state index contributed by atoms with van der Waals surface area (Å²) in [6, 6.07) is 6.68. The molecule has 1 amide bonds. The molecule has 0 aromatic heterocycles. The number of nitrogens with two attached hydrogens (primary N) is 1. The van der Waals surface area contributed by atoms with E-state index in [4.69, 9.17) is 5.73 Å². The second kappa shape index (κ2) is 5.44. The van der Waals surface area contributed by atoms with Crippen LogP contribution >= 0.6 is 0 Å². The Bertz CT molecular complexity index is 486. The van der Waals surface area contributed by atoms with Crippen molar-refractivity contribution in [3.05, 3.63) is 29.8 Å². The number of rotatable bonds is 4. The summed E-state index contributed by atoms with van der Waals surface area (Å²) in [7, 11) is 0. The maximum absolute atomic E-state index is 12.2. The molecule has 0 aliphatic heterocycles. The third kappa shape index (κ3) is 2.80. The van der Waals surface area contributed by atoms with E-state index in [9.17, 15) is 9.90 Å². The van der Waals surface area contributed by atoms with E-state index >= 15 is 0 Å². The number of aromatic hydroxyl groups is 1. The second-order valence-corrected chi connectivity index (χ2v) is 6.27.